The van der Waals surface area contributed by atoms with E-state index in [1.54, 1.807) is 11.0 Å². The number of H-pyrrole nitrogens is 1. The lowest BCUT2D eigenvalue weighted by atomic mass is 9.99. The molecule has 3 aromatic rings. The van der Waals surface area contributed by atoms with Crippen molar-refractivity contribution in [1.82, 2.24) is 9.88 Å². The number of aromatic amines is 1. The topological polar surface area (TPSA) is 53.2 Å². The molecule has 1 aliphatic rings. The number of fused-ring (bicyclic) bond motifs is 1. The van der Waals surface area contributed by atoms with E-state index in [0.717, 1.165) is 22.9 Å². The van der Waals surface area contributed by atoms with Gasteiger partial charge in [0.2, 0.25) is 0 Å². The van der Waals surface area contributed by atoms with E-state index in [4.69, 9.17) is 11.6 Å². The summed E-state index contributed by atoms with van der Waals surface area (Å²) in [5.74, 6) is 0.0405. The van der Waals surface area contributed by atoms with Crippen molar-refractivity contribution < 1.29 is 4.79 Å². The first-order valence-electron chi connectivity index (χ1n) is 8.28. The van der Waals surface area contributed by atoms with Crippen LogP contribution in [-0.2, 0) is 0 Å². The molecule has 1 amide bonds. The van der Waals surface area contributed by atoms with Crippen molar-refractivity contribution in [1.29, 1.82) is 0 Å². The predicted molar refractivity (Wildman–Crippen MR) is 99.3 cm³/mol. The molecule has 1 unspecified atom stereocenters. The van der Waals surface area contributed by atoms with Crippen LogP contribution in [0.1, 0.15) is 28.3 Å². The fourth-order valence-electron chi connectivity index (χ4n) is 3.45. The number of halogens is 1. The van der Waals surface area contributed by atoms with Crippen molar-refractivity contribution in [3.63, 3.8) is 0 Å². The molecular weight excluding hydrogens is 336 g/mol. The van der Waals surface area contributed by atoms with Crippen molar-refractivity contribution in [2.45, 2.75) is 12.3 Å². The summed E-state index contributed by atoms with van der Waals surface area (Å²) in [4.78, 5) is 29.7. The van der Waals surface area contributed by atoms with Crippen LogP contribution in [0.2, 0.25) is 5.02 Å². The second kappa shape index (κ2) is 6.37. The molecule has 4 rings (SSSR count). The molecule has 0 bridgehead atoms. The summed E-state index contributed by atoms with van der Waals surface area (Å²) >= 11 is 6.07. The van der Waals surface area contributed by atoms with Crippen LogP contribution in [0.15, 0.2) is 59.4 Å². The molecule has 0 radical (unpaired) electrons. The second-order valence-electron chi connectivity index (χ2n) is 6.39. The monoisotopic (exact) mass is 352 g/mol. The fourth-order valence-corrected chi connectivity index (χ4v) is 3.65. The molecule has 1 saturated heterocycles. The van der Waals surface area contributed by atoms with Gasteiger partial charge in [-0.25, -0.2) is 0 Å². The Kier molecular flexibility index (Phi) is 4.06. The maximum Gasteiger partial charge on any atom is 0.261 e. The standard InChI is InChI=1S/C20H17ClN2O2/c21-16-6-3-5-13(10-16)15-8-9-23(12-15)20(25)17-11-14-4-1-2-7-18(14)22-19(17)24/h1-7,10-11,15H,8-9,12H2,(H,22,24). The average molecular weight is 353 g/mol. The number of carbonyl (C=O) groups excluding carboxylic acids is 1. The summed E-state index contributed by atoms with van der Waals surface area (Å²) in [6.45, 7) is 1.24. The molecule has 25 heavy (non-hydrogen) atoms. The summed E-state index contributed by atoms with van der Waals surface area (Å²) in [6, 6.07) is 16.9. The number of benzene rings is 2. The average Bonchev–Trinajstić information content (AvgIpc) is 3.11. The van der Waals surface area contributed by atoms with E-state index in [1.165, 1.54) is 0 Å². The fraction of sp³-hybridized carbons (Fsp3) is 0.200. The molecule has 2 aromatic carbocycles. The highest BCUT2D eigenvalue weighted by atomic mass is 35.5. The molecule has 4 nitrogen and oxygen atoms in total. The maximum absolute atomic E-state index is 12.8. The van der Waals surface area contributed by atoms with Gasteiger partial charge in [-0.1, -0.05) is 41.9 Å². The van der Waals surface area contributed by atoms with E-state index >= 15 is 0 Å². The first kappa shape index (κ1) is 15.9. The van der Waals surface area contributed by atoms with E-state index in [2.05, 4.69) is 4.98 Å². The Morgan fingerprint density at radius 2 is 1.96 bits per heavy atom. The van der Waals surface area contributed by atoms with E-state index in [-0.39, 0.29) is 22.9 Å². The summed E-state index contributed by atoms with van der Waals surface area (Å²) < 4.78 is 0. The highest BCUT2D eigenvalue weighted by Crippen LogP contribution is 2.29. The zero-order valence-corrected chi connectivity index (χ0v) is 14.3. The first-order chi connectivity index (χ1) is 12.1. The molecule has 1 fully saturated rings. The van der Waals surface area contributed by atoms with E-state index in [9.17, 15) is 9.59 Å². The van der Waals surface area contributed by atoms with Crippen molar-refractivity contribution >= 4 is 28.4 Å². The van der Waals surface area contributed by atoms with Gasteiger partial charge in [-0.05, 0) is 41.6 Å². The van der Waals surface area contributed by atoms with Crippen LogP contribution in [-0.4, -0.2) is 28.9 Å². The van der Waals surface area contributed by atoms with Crippen molar-refractivity contribution in [2.75, 3.05) is 13.1 Å². The molecule has 2 heterocycles. The number of nitrogens with one attached hydrogen (secondary N) is 1. The van der Waals surface area contributed by atoms with E-state index < -0.39 is 0 Å². The smallest absolute Gasteiger partial charge is 0.261 e. The normalized spacial score (nSPS) is 17.2. The van der Waals surface area contributed by atoms with E-state index in [1.807, 2.05) is 48.5 Å². The zero-order chi connectivity index (χ0) is 17.4. The minimum Gasteiger partial charge on any atom is -0.338 e. The molecule has 126 valence electrons. The molecule has 1 aromatic heterocycles. The van der Waals surface area contributed by atoms with Crippen LogP contribution in [0.25, 0.3) is 10.9 Å². The van der Waals surface area contributed by atoms with Crippen molar-refractivity contribution in [3.05, 3.63) is 81.1 Å². The van der Waals surface area contributed by atoms with Crippen LogP contribution in [0.5, 0.6) is 0 Å². The van der Waals surface area contributed by atoms with Gasteiger partial charge < -0.3 is 9.88 Å². The minimum absolute atomic E-state index is 0.199. The van der Waals surface area contributed by atoms with Gasteiger partial charge in [0.15, 0.2) is 0 Å². The number of hydrogen-bond acceptors (Lipinski definition) is 2. The Morgan fingerprint density at radius 3 is 2.80 bits per heavy atom. The maximum atomic E-state index is 12.8. The SMILES string of the molecule is O=C(c1cc2ccccc2[nH]c1=O)N1CCC(c2cccc(Cl)c2)C1. The lowest BCUT2D eigenvalue weighted by Crippen LogP contribution is -2.33. The predicted octanol–water partition coefficient (Wildman–Crippen LogP) is 3.81. The first-order valence-corrected chi connectivity index (χ1v) is 8.66. The zero-order valence-electron chi connectivity index (χ0n) is 13.5. The number of likely N-dealkylation sites (tertiary alicyclic amines) is 1. The largest absolute Gasteiger partial charge is 0.338 e. The summed E-state index contributed by atoms with van der Waals surface area (Å²) in [7, 11) is 0. The second-order valence-corrected chi connectivity index (χ2v) is 6.83. The van der Waals surface area contributed by atoms with Crippen molar-refractivity contribution in [2.24, 2.45) is 0 Å². The number of pyridine rings is 1. The van der Waals surface area contributed by atoms with Gasteiger partial charge in [0.25, 0.3) is 11.5 Å². The van der Waals surface area contributed by atoms with Crippen molar-refractivity contribution in [3.8, 4) is 0 Å². The van der Waals surface area contributed by atoms with Gasteiger partial charge >= 0.3 is 0 Å². The third-order valence-corrected chi connectivity index (χ3v) is 5.01. The van der Waals surface area contributed by atoms with Gasteiger partial charge in [0.1, 0.15) is 5.56 Å². The highest BCUT2D eigenvalue weighted by molar-refractivity contribution is 6.30. The third kappa shape index (κ3) is 3.05. The van der Waals surface area contributed by atoms with Crippen LogP contribution < -0.4 is 5.56 Å². The van der Waals surface area contributed by atoms with Gasteiger partial charge in [-0.3, -0.25) is 9.59 Å². The molecule has 0 aliphatic carbocycles. The third-order valence-electron chi connectivity index (χ3n) is 4.78. The molecule has 0 saturated carbocycles. The number of carbonyl (C=O) groups is 1. The quantitative estimate of drug-likeness (QED) is 0.762. The molecule has 0 spiro atoms. The Bertz CT molecular complexity index is 1010. The minimum atomic E-state index is -0.338. The molecular formula is C20H17ClN2O2. The number of para-hydroxylation sites is 1. The number of aromatic nitrogens is 1. The van der Waals surface area contributed by atoms with Crippen LogP contribution >= 0.6 is 11.6 Å². The lowest BCUT2D eigenvalue weighted by Gasteiger charge is -2.17. The van der Waals surface area contributed by atoms with E-state index in [0.29, 0.717) is 18.1 Å². The number of hydrogen-bond donors (Lipinski definition) is 1. The summed E-state index contributed by atoms with van der Waals surface area (Å²) in [6.07, 6.45) is 0.873. The number of amides is 1. The van der Waals surface area contributed by atoms with Crippen LogP contribution in [0.3, 0.4) is 0 Å². The Balaban J connectivity index is 1.60. The molecule has 1 atom stereocenters. The van der Waals surface area contributed by atoms with Gasteiger partial charge in [-0.2, -0.15) is 0 Å². The van der Waals surface area contributed by atoms with Crippen LogP contribution in [0.4, 0.5) is 0 Å². The van der Waals surface area contributed by atoms with Crippen LogP contribution in [0, 0.1) is 0 Å². The Labute approximate surface area is 150 Å². The van der Waals surface area contributed by atoms with Gasteiger partial charge in [-0.15, -0.1) is 0 Å². The highest BCUT2D eigenvalue weighted by Gasteiger charge is 2.29. The number of rotatable bonds is 2. The lowest BCUT2D eigenvalue weighted by molar-refractivity contribution is 0.0789. The molecule has 1 aliphatic heterocycles. The van der Waals surface area contributed by atoms with Gasteiger partial charge in [0, 0.05) is 29.5 Å². The Morgan fingerprint density at radius 1 is 1.12 bits per heavy atom. The summed E-state index contributed by atoms with van der Waals surface area (Å²) in [5.41, 5.74) is 1.73. The summed E-state index contributed by atoms with van der Waals surface area (Å²) in [5, 5.41) is 1.56. The molecule has 5 heteroatoms. The Hall–Kier alpha value is -2.59. The molecule has 1 N–H and O–H groups in total. The number of nitrogens with zero attached hydrogens (tertiary/aromatic N) is 1. The van der Waals surface area contributed by atoms with Gasteiger partial charge in [0.05, 0.1) is 0 Å².